The van der Waals surface area contributed by atoms with Crippen molar-refractivity contribution in [1.82, 2.24) is 4.98 Å². The standard InChI is InChI=1S/C14H13BrN2O2/c15-11-3-1-10(2-4-11)9-19-14(18)7-13-6-5-12(16)8-17-13/h1-6,8H,7,9,16H2. The minimum atomic E-state index is -0.305. The van der Waals surface area contributed by atoms with Gasteiger partial charge < -0.3 is 10.5 Å². The van der Waals surface area contributed by atoms with E-state index >= 15 is 0 Å². The van der Waals surface area contributed by atoms with E-state index in [1.54, 1.807) is 12.1 Å². The molecular weight excluding hydrogens is 308 g/mol. The van der Waals surface area contributed by atoms with Crippen molar-refractivity contribution in [3.63, 3.8) is 0 Å². The van der Waals surface area contributed by atoms with Crippen LogP contribution in [0.2, 0.25) is 0 Å². The maximum absolute atomic E-state index is 11.6. The molecule has 0 spiro atoms. The Kier molecular flexibility index (Phi) is 4.52. The van der Waals surface area contributed by atoms with Gasteiger partial charge in [0.05, 0.1) is 24.0 Å². The number of ether oxygens (including phenoxy) is 1. The topological polar surface area (TPSA) is 65.2 Å². The molecule has 0 aliphatic heterocycles. The molecule has 1 aromatic carbocycles. The zero-order chi connectivity index (χ0) is 13.7. The Morgan fingerprint density at radius 3 is 2.58 bits per heavy atom. The van der Waals surface area contributed by atoms with E-state index in [2.05, 4.69) is 20.9 Å². The van der Waals surface area contributed by atoms with Crippen LogP contribution in [0.25, 0.3) is 0 Å². The highest BCUT2D eigenvalue weighted by atomic mass is 79.9. The summed E-state index contributed by atoms with van der Waals surface area (Å²) >= 11 is 3.35. The van der Waals surface area contributed by atoms with Gasteiger partial charge in [-0.05, 0) is 29.8 Å². The fraction of sp³-hybridized carbons (Fsp3) is 0.143. The maximum Gasteiger partial charge on any atom is 0.312 e. The van der Waals surface area contributed by atoms with E-state index in [1.807, 2.05) is 24.3 Å². The molecule has 0 unspecified atom stereocenters. The molecule has 0 aliphatic carbocycles. The SMILES string of the molecule is Nc1ccc(CC(=O)OCc2ccc(Br)cc2)nc1. The number of nitrogens with two attached hydrogens (primary N) is 1. The van der Waals surface area contributed by atoms with Gasteiger partial charge in [0.1, 0.15) is 6.61 Å². The van der Waals surface area contributed by atoms with Crippen LogP contribution in [0.15, 0.2) is 47.1 Å². The van der Waals surface area contributed by atoms with Crippen LogP contribution in [0.3, 0.4) is 0 Å². The molecule has 0 bridgehead atoms. The third-order valence-corrected chi connectivity index (χ3v) is 3.01. The smallest absolute Gasteiger partial charge is 0.312 e. The largest absolute Gasteiger partial charge is 0.461 e. The summed E-state index contributed by atoms with van der Waals surface area (Å²) in [5, 5.41) is 0. The van der Waals surface area contributed by atoms with Crippen molar-refractivity contribution in [1.29, 1.82) is 0 Å². The van der Waals surface area contributed by atoms with Crippen molar-refractivity contribution in [2.24, 2.45) is 0 Å². The van der Waals surface area contributed by atoms with Crippen molar-refractivity contribution < 1.29 is 9.53 Å². The van der Waals surface area contributed by atoms with Gasteiger partial charge in [0.25, 0.3) is 0 Å². The van der Waals surface area contributed by atoms with Crippen LogP contribution >= 0.6 is 15.9 Å². The number of pyridine rings is 1. The molecule has 0 fully saturated rings. The number of aromatic nitrogens is 1. The summed E-state index contributed by atoms with van der Waals surface area (Å²) in [6.45, 7) is 0.265. The Hall–Kier alpha value is -1.88. The van der Waals surface area contributed by atoms with E-state index in [1.165, 1.54) is 6.20 Å². The van der Waals surface area contributed by atoms with Crippen molar-refractivity contribution in [2.75, 3.05) is 5.73 Å². The molecule has 1 heterocycles. The monoisotopic (exact) mass is 320 g/mol. The van der Waals surface area contributed by atoms with Crippen LogP contribution in [0.4, 0.5) is 5.69 Å². The fourth-order valence-corrected chi connectivity index (χ4v) is 1.75. The van der Waals surface area contributed by atoms with E-state index < -0.39 is 0 Å². The fourth-order valence-electron chi connectivity index (χ4n) is 1.48. The lowest BCUT2D eigenvalue weighted by Gasteiger charge is -2.05. The van der Waals surface area contributed by atoms with Crippen LogP contribution < -0.4 is 5.73 Å². The summed E-state index contributed by atoms with van der Waals surface area (Å²) in [5.74, 6) is -0.305. The van der Waals surface area contributed by atoms with E-state index in [4.69, 9.17) is 10.5 Å². The molecule has 2 N–H and O–H groups in total. The molecule has 2 rings (SSSR count). The Labute approximate surface area is 119 Å². The average molecular weight is 321 g/mol. The van der Waals surface area contributed by atoms with Gasteiger partial charge in [-0.1, -0.05) is 28.1 Å². The summed E-state index contributed by atoms with van der Waals surface area (Å²) in [6, 6.07) is 11.0. The van der Waals surface area contributed by atoms with E-state index in [0.717, 1.165) is 10.0 Å². The van der Waals surface area contributed by atoms with Crippen LogP contribution in [0.1, 0.15) is 11.3 Å². The molecule has 0 amide bonds. The second kappa shape index (κ2) is 6.33. The molecule has 0 atom stereocenters. The number of hydrogen-bond acceptors (Lipinski definition) is 4. The predicted molar refractivity (Wildman–Crippen MR) is 76.3 cm³/mol. The third kappa shape index (κ3) is 4.37. The Morgan fingerprint density at radius 2 is 1.95 bits per heavy atom. The summed E-state index contributed by atoms with van der Waals surface area (Å²) in [5.41, 5.74) is 7.69. The number of carbonyl (C=O) groups is 1. The molecule has 19 heavy (non-hydrogen) atoms. The first-order chi connectivity index (χ1) is 9.13. The molecule has 0 aliphatic rings. The Balaban J connectivity index is 1.84. The van der Waals surface area contributed by atoms with Gasteiger partial charge in [0.15, 0.2) is 0 Å². The number of nitrogens with zero attached hydrogens (tertiary/aromatic N) is 1. The first-order valence-electron chi connectivity index (χ1n) is 5.74. The highest BCUT2D eigenvalue weighted by Crippen LogP contribution is 2.11. The summed E-state index contributed by atoms with van der Waals surface area (Å²) in [4.78, 5) is 15.7. The number of nitrogen functional groups attached to an aromatic ring is 1. The molecule has 0 saturated heterocycles. The quantitative estimate of drug-likeness (QED) is 0.880. The van der Waals surface area contributed by atoms with Crippen molar-refractivity contribution in [3.8, 4) is 0 Å². The lowest BCUT2D eigenvalue weighted by atomic mass is 10.2. The highest BCUT2D eigenvalue weighted by Gasteiger charge is 2.06. The van der Waals surface area contributed by atoms with Gasteiger partial charge in [0, 0.05) is 4.47 Å². The molecule has 0 radical (unpaired) electrons. The Morgan fingerprint density at radius 1 is 1.21 bits per heavy atom. The molecule has 4 nitrogen and oxygen atoms in total. The number of halogens is 1. The number of anilines is 1. The molecule has 0 saturated carbocycles. The molecule has 2 aromatic rings. The highest BCUT2D eigenvalue weighted by molar-refractivity contribution is 9.10. The normalized spacial score (nSPS) is 10.2. The number of esters is 1. The van der Waals surface area contributed by atoms with Crippen molar-refractivity contribution in [3.05, 3.63) is 58.3 Å². The second-order valence-electron chi connectivity index (χ2n) is 4.05. The maximum atomic E-state index is 11.6. The van der Waals surface area contributed by atoms with Gasteiger partial charge >= 0.3 is 5.97 Å². The summed E-state index contributed by atoms with van der Waals surface area (Å²) in [7, 11) is 0. The van der Waals surface area contributed by atoms with Gasteiger partial charge in [-0.3, -0.25) is 9.78 Å². The molecular formula is C14H13BrN2O2. The van der Waals surface area contributed by atoms with Gasteiger partial charge in [-0.15, -0.1) is 0 Å². The second-order valence-corrected chi connectivity index (χ2v) is 4.96. The molecule has 98 valence electrons. The first kappa shape index (κ1) is 13.5. The zero-order valence-corrected chi connectivity index (χ0v) is 11.8. The van der Waals surface area contributed by atoms with E-state index in [-0.39, 0.29) is 19.0 Å². The predicted octanol–water partition coefficient (Wildman–Crippen LogP) is 2.71. The van der Waals surface area contributed by atoms with Gasteiger partial charge in [0.2, 0.25) is 0 Å². The summed E-state index contributed by atoms with van der Waals surface area (Å²) in [6.07, 6.45) is 1.67. The van der Waals surface area contributed by atoms with E-state index in [0.29, 0.717) is 11.4 Å². The summed E-state index contributed by atoms with van der Waals surface area (Å²) < 4.78 is 6.17. The van der Waals surface area contributed by atoms with Gasteiger partial charge in [-0.25, -0.2) is 0 Å². The Bertz CT molecular complexity index is 553. The van der Waals surface area contributed by atoms with Crippen LogP contribution in [0, 0.1) is 0 Å². The average Bonchev–Trinajstić information content (AvgIpc) is 2.41. The first-order valence-corrected chi connectivity index (χ1v) is 6.53. The van der Waals surface area contributed by atoms with Crippen LogP contribution in [0.5, 0.6) is 0 Å². The number of benzene rings is 1. The molecule has 5 heteroatoms. The third-order valence-electron chi connectivity index (χ3n) is 2.49. The molecule has 1 aromatic heterocycles. The minimum absolute atomic E-state index is 0.150. The lowest BCUT2D eigenvalue weighted by Crippen LogP contribution is -2.09. The van der Waals surface area contributed by atoms with Crippen molar-refractivity contribution in [2.45, 2.75) is 13.0 Å². The van der Waals surface area contributed by atoms with Crippen LogP contribution in [-0.2, 0) is 22.6 Å². The number of rotatable bonds is 4. The lowest BCUT2D eigenvalue weighted by molar-refractivity contribution is -0.144. The van der Waals surface area contributed by atoms with Crippen molar-refractivity contribution >= 4 is 27.6 Å². The van der Waals surface area contributed by atoms with Gasteiger partial charge in [-0.2, -0.15) is 0 Å². The van der Waals surface area contributed by atoms with Crippen LogP contribution in [-0.4, -0.2) is 11.0 Å². The minimum Gasteiger partial charge on any atom is -0.461 e. The zero-order valence-electron chi connectivity index (χ0n) is 10.2. The number of carbonyl (C=O) groups excluding carboxylic acids is 1. The van der Waals surface area contributed by atoms with E-state index in [9.17, 15) is 4.79 Å². The number of hydrogen-bond donors (Lipinski definition) is 1.